The second-order valence-electron chi connectivity index (χ2n) is 3.84. The number of aliphatic hydroxyl groups is 1. The molecule has 4 N–H and O–H groups in total. The Hall–Kier alpha value is 0.260. The van der Waals surface area contributed by atoms with E-state index in [2.05, 4.69) is 4.52 Å². The van der Waals surface area contributed by atoms with E-state index in [4.69, 9.17) is 14.7 Å². The van der Waals surface area contributed by atoms with Gasteiger partial charge in [-0.05, 0) is 20.3 Å². The molecule has 0 aromatic heterocycles. The SMILES string of the molecule is CC(C)(O)CCOP(=O)(O)CP(=O)(O)O. The second-order valence-corrected chi connectivity index (χ2v) is 7.83. The summed E-state index contributed by atoms with van der Waals surface area (Å²) in [5.41, 5.74) is -1.05. The highest BCUT2D eigenvalue weighted by Crippen LogP contribution is 2.55. The summed E-state index contributed by atoms with van der Waals surface area (Å²) in [5.74, 6) is -1.20. The standard InChI is InChI=1S/C6H16O7P2/c1-6(2,7)3-4-13-15(11,12)5-14(8,9)10/h7H,3-5H2,1-2H3,(H,11,12)(H2,8,9,10). The summed E-state index contributed by atoms with van der Waals surface area (Å²) in [6, 6.07) is 0. The maximum Gasteiger partial charge on any atom is 0.340 e. The van der Waals surface area contributed by atoms with Gasteiger partial charge in [0.1, 0.15) is 0 Å². The van der Waals surface area contributed by atoms with Crippen molar-refractivity contribution in [1.29, 1.82) is 0 Å². The number of hydrogen-bond acceptors (Lipinski definition) is 4. The summed E-state index contributed by atoms with van der Waals surface area (Å²) < 4.78 is 26.0. The van der Waals surface area contributed by atoms with Crippen molar-refractivity contribution in [3.8, 4) is 0 Å². The van der Waals surface area contributed by atoms with E-state index < -0.39 is 26.7 Å². The average Bonchev–Trinajstić information content (AvgIpc) is 1.75. The molecule has 0 fully saturated rings. The van der Waals surface area contributed by atoms with Gasteiger partial charge in [-0.3, -0.25) is 9.13 Å². The number of hydrogen-bond donors (Lipinski definition) is 4. The summed E-state index contributed by atoms with van der Waals surface area (Å²) in [5, 5.41) is 9.24. The van der Waals surface area contributed by atoms with Crippen LogP contribution in [0.2, 0.25) is 0 Å². The molecule has 1 unspecified atom stereocenters. The predicted octanol–water partition coefficient (Wildman–Crippen LogP) is 0.485. The van der Waals surface area contributed by atoms with Crippen LogP contribution < -0.4 is 0 Å². The van der Waals surface area contributed by atoms with Gasteiger partial charge in [0.25, 0.3) is 0 Å². The molecule has 0 rings (SSSR count). The van der Waals surface area contributed by atoms with Crippen molar-refractivity contribution < 1.29 is 33.4 Å². The van der Waals surface area contributed by atoms with Gasteiger partial charge < -0.3 is 24.3 Å². The minimum absolute atomic E-state index is 0.0959. The molecule has 0 radical (unpaired) electrons. The maximum absolute atomic E-state index is 11.1. The van der Waals surface area contributed by atoms with Crippen LogP contribution in [0.1, 0.15) is 20.3 Å². The molecule has 15 heavy (non-hydrogen) atoms. The molecule has 0 spiro atoms. The van der Waals surface area contributed by atoms with E-state index in [1.54, 1.807) is 0 Å². The molecule has 1 atom stereocenters. The smallest absolute Gasteiger partial charge is 0.340 e. The lowest BCUT2D eigenvalue weighted by Gasteiger charge is -2.18. The van der Waals surface area contributed by atoms with Crippen LogP contribution in [0, 0.1) is 0 Å². The molecular weight excluding hydrogens is 246 g/mol. The molecule has 7 nitrogen and oxygen atoms in total. The Kier molecular flexibility index (Phi) is 5.15. The third kappa shape index (κ3) is 10.5. The molecule has 0 aliphatic rings. The zero-order chi connectivity index (χ0) is 12.3. The monoisotopic (exact) mass is 262 g/mol. The molecule has 0 saturated carbocycles. The zero-order valence-electron chi connectivity index (χ0n) is 8.53. The van der Waals surface area contributed by atoms with Gasteiger partial charge >= 0.3 is 15.2 Å². The van der Waals surface area contributed by atoms with Crippen LogP contribution in [-0.4, -0.2) is 37.9 Å². The van der Waals surface area contributed by atoms with Gasteiger partial charge in [-0.25, -0.2) is 0 Å². The molecule has 0 aliphatic heterocycles. The van der Waals surface area contributed by atoms with Gasteiger partial charge in [0.2, 0.25) is 0 Å². The van der Waals surface area contributed by atoms with Gasteiger partial charge in [0.05, 0.1) is 12.2 Å². The molecular formula is C6H16O7P2. The highest BCUT2D eigenvalue weighted by molar-refractivity contribution is 7.70. The highest BCUT2D eigenvalue weighted by Gasteiger charge is 2.31. The van der Waals surface area contributed by atoms with Crippen LogP contribution in [0.15, 0.2) is 0 Å². The fourth-order valence-electron chi connectivity index (χ4n) is 0.712. The molecule has 0 aliphatic carbocycles. The Bertz CT molecular complexity index is 288. The Morgan fingerprint density at radius 3 is 2.00 bits per heavy atom. The Labute approximate surface area is 87.8 Å². The Morgan fingerprint density at radius 1 is 1.20 bits per heavy atom. The quantitative estimate of drug-likeness (QED) is 0.513. The van der Waals surface area contributed by atoms with Crippen molar-refractivity contribution in [3.05, 3.63) is 0 Å². The molecule has 0 heterocycles. The third-order valence-electron chi connectivity index (χ3n) is 1.37. The third-order valence-corrected chi connectivity index (χ3v) is 4.86. The molecule has 0 aromatic rings. The topological polar surface area (TPSA) is 124 Å². The van der Waals surface area contributed by atoms with E-state index in [-0.39, 0.29) is 13.0 Å². The lowest BCUT2D eigenvalue weighted by atomic mass is 10.1. The van der Waals surface area contributed by atoms with Gasteiger partial charge in [-0.1, -0.05) is 0 Å². The molecule has 0 amide bonds. The molecule has 92 valence electrons. The average molecular weight is 262 g/mol. The normalized spacial score (nSPS) is 17.5. The van der Waals surface area contributed by atoms with E-state index in [0.29, 0.717) is 0 Å². The van der Waals surface area contributed by atoms with Crippen molar-refractivity contribution in [2.24, 2.45) is 0 Å². The molecule has 0 saturated heterocycles. The van der Waals surface area contributed by atoms with Crippen molar-refractivity contribution >= 4 is 15.2 Å². The van der Waals surface area contributed by atoms with E-state index in [1.807, 2.05) is 0 Å². The minimum atomic E-state index is -4.57. The lowest BCUT2D eigenvalue weighted by molar-refractivity contribution is 0.0539. The van der Waals surface area contributed by atoms with Gasteiger partial charge in [0, 0.05) is 0 Å². The first-order valence-electron chi connectivity index (χ1n) is 4.15. The van der Waals surface area contributed by atoms with Gasteiger partial charge in [-0.15, -0.1) is 0 Å². The van der Waals surface area contributed by atoms with Gasteiger partial charge in [0.15, 0.2) is 5.90 Å². The second kappa shape index (κ2) is 5.06. The van der Waals surface area contributed by atoms with Crippen LogP contribution in [-0.2, 0) is 13.7 Å². The lowest BCUT2D eigenvalue weighted by Crippen LogP contribution is -2.20. The summed E-state index contributed by atoms with van der Waals surface area (Å²) in [6.07, 6.45) is 0.0959. The Morgan fingerprint density at radius 2 is 1.67 bits per heavy atom. The van der Waals surface area contributed by atoms with Crippen molar-refractivity contribution in [2.75, 3.05) is 12.5 Å². The van der Waals surface area contributed by atoms with Crippen LogP contribution in [0.3, 0.4) is 0 Å². The van der Waals surface area contributed by atoms with Gasteiger partial charge in [-0.2, -0.15) is 0 Å². The van der Waals surface area contributed by atoms with Crippen molar-refractivity contribution in [2.45, 2.75) is 25.9 Å². The first-order chi connectivity index (χ1) is 6.41. The van der Waals surface area contributed by atoms with Crippen LogP contribution in [0.25, 0.3) is 0 Å². The van der Waals surface area contributed by atoms with E-state index in [0.717, 1.165) is 0 Å². The fourth-order valence-corrected chi connectivity index (χ4v) is 3.28. The fraction of sp³-hybridized carbons (Fsp3) is 1.00. The highest BCUT2D eigenvalue weighted by atomic mass is 31.2. The zero-order valence-corrected chi connectivity index (χ0v) is 10.3. The first kappa shape index (κ1) is 15.3. The Balaban J connectivity index is 4.07. The summed E-state index contributed by atoms with van der Waals surface area (Å²) in [7, 11) is -8.84. The summed E-state index contributed by atoms with van der Waals surface area (Å²) >= 11 is 0. The largest absolute Gasteiger partial charge is 0.390 e. The first-order valence-corrected chi connectivity index (χ1v) is 7.71. The summed E-state index contributed by atoms with van der Waals surface area (Å²) in [4.78, 5) is 25.9. The van der Waals surface area contributed by atoms with Crippen LogP contribution >= 0.6 is 15.2 Å². The van der Waals surface area contributed by atoms with E-state index in [9.17, 15) is 14.2 Å². The van der Waals surface area contributed by atoms with E-state index >= 15 is 0 Å². The van der Waals surface area contributed by atoms with Crippen LogP contribution in [0.5, 0.6) is 0 Å². The van der Waals surface area contributed by atoms with Crippen LogP contribution in [0.4, 0.5) is 0 Å². The molecule has 0 aromatic carbocycles. The molecule has 9 heteroatoms. The van der Waals surface area contributed by atoms with Crippen molar-refractivity contribution in [1.82, 2.24) is 0 Å². The minimum Gasteiger partial charge on any atom is -0.390 e. The maximum atomic E-state index is 11.1. The van der Waals surface area contributed by atoms with Crippen molar-refractivity contribution in [3.63, 3.8) is 0 Å². The van der Waals surface area contributed by atoms with E-state index in [1.165, 1.54) is 13.8 Å². The number of rotatable bonds is 6. The predicted molar refractivity (Wildman–Crippen MR) is 53.6 cm³/mol. The summed E-state index contributed by atoms with van der Waals surface area (Å²) in [6.45, 7) is 2.74. The molecule has 0 bridgehead atoms.